The normalized spacial score (nSPS) is 10.5. The van der Waals surface area contributed by atoms with Gasteiger partial charge in [0.15, 0.2) is 11.5 Å². The molecular weight excluding hydrogens is 202 g/mol. The molecule has 1 heterocycles. The minimum Gasteiger partial charge on any atom is -0.366 e. The van der Waals surface area contributed by atoms with Crippen molar-refractivity contribution in [1.82, 2.24) is 14.9 Å². The Labute approximate surface area is 96.1 Å². The van der Waals surface area contributed by atoms with Gasteiger partial charge in [-0.15, -0.1) is 0 Å². The van der Waals surface area contributed by atoms with Crippen LogP contribution in [0.3, 0.4) is 0 Å². The predicted molar refractivity (Wildman–Crippen MR) is 63.0 cm³/mol. The molecule has 86 valence electrons. The Morgan fingerprint density at radius 1 is 1.44 bits per heavy atom. The van der Waals surface area contributed by atoms with Crippen molar-refractivity contribution in [3.05, 3.63) is 18.1 Å². The van der Waals surface area contributed by atoms with Crippen LogP contribution in [0.1, 0.15) is 19.5 Å². The molecule has 5 nitrogen and oxygen atoms in total. The largest absolute Gasteiger partial charge is 0.366 e. The molecule has 5 heteroatoms. The summed E-state index contributed by atoms with van der Waals surface area (Å²) in [6.45, 7) is 5.94. The van der Waals surface area contributed by atoms with Crippen molar-refractivity contribution in [3.63, 3.8) is 0 Å². The molecule has 0 saturated heterocycles. The maximum absolute atomic E-state index is 8.81. The van der Waals surface area contributed by atoms with Gasteiger partial charge in [-0.2, -0.15) is 5.26 Å². The van der Waals surface area contributed by atoms with Crippen molar-refractivity contribution in [1.29, 1.82) is 5.26 Å². The van der Waals surface area contributed by atoms with Gasteiger partial charge in [-0.25, -0.2) is 9.97 Å². The van der Waals surface area contributed by atoms with Crippen molar-refractivity contribution in [2.75, 3.05) is 25.5 Å². The zero-order valence-corrected chi connectivity index (χ0v) is 9.94. The number of anilines is 1. The topological polar surface area (TPSA) is 64.8 Å². The van der Waals surface area contributed by atoms with Gasteiger partial charge in [-0.1, -0.05) is 0 Å². The van der Waals surface area contributed by atoms with Crippen LogP contribution in [0.5, 0.6) is 0 Å². The number of rotatable bonds is 5. The highest BCUT2D eigenvalue weighted by Crippen LogP contribution is 2.05. The van der Waals surface area contributed by atoms with Crippen LogP contribution in [0.4, 0.5) is 5.82 Å². The van der Waals surface area contributed by atoms with Gasteiger partial charge in [0.2, 0.25) is 0 Å². The lowest BCUT2D eigenvalue weighted by Gasteiger charge is -2.21. The molecule has 0 atom stereocenters. The van der Waals surface area contributed by atoms with Crippen molar-refractivity contribution < 1.29 is 0 Å². The summed E-state index contributed by atoms with van der Waals surface area (Å²) in [6, 6.07) is 2.52. The summed E-state index contributed by atoms with van der Waals surface area (Å²) in [6.07, 6.45) is 3.10. The van der Waals surface area contributed by atoms with Crippen molar-refractivity contribution in [2.24, 2.45) is 0 Å². The molecule has 0 aliphatic carbocycles. The molecular formula is C11H17N5. The molecule has 1 aromatic rings. The van der Waals surface area contributed by atoms with Gasteiger partial charge in [0, 0.05) is 31.5 Å². The molecule has 0 bridgehead atoms. The first-order chi connectivity index (χ1) is 7.65. The summed E-state index contributed by atoms with van der Waals surface area (Å²) in [7, 11) is 2.06. The fourth-order valence-electron chi connectivity index (χ4n) is 1.16. The predicted octanol–water partition coefficient (Wildman–Crippen LogP) is 1.10. The van der Waals surface area contributed by atoms with Crippen LogP contribution >= 0.6 is 0 Å². The van der Waals surface area contributed by atoms with E-state index in [1.165, 1.54) is 6.20 Å². The van der Waals surface area contributed by atoms with Gasteiger partial charge >= 0.3 is 0 Å². The number of aromatic nitrogens is 2. The van der Waals surface area contributed by atoms with Gasteiger partial charge < -0.3 is 10.2 Å². The van der Waals surface area contributed by atoms with Crippen LogP contribution in [0, 0.1) is 11.3 Å². The van der Waals surface area contributed by atoms with E-state index in [0.29, 0.717) is 17.6 Å². The van der Waals surface area contributed by atoms with Gasteiger partial charge in [0.05, 0.1) is 0 Å². The van der Waals surface area contributed by atoms with E-state index in [4.69, 9.17) is 5.26 Å². The average molecular weight is 219 g/mol. The Kier molecular flexibility index (Phi) is 4.67. The highest BCUT2D eigenvalue weighted by atomic mass is 15.1. The van der Waals surface area contributed by atoms with Crippen molar-refractivity contribution in [2.45, 2.75) is 19.9 Å². The Balaban J connectivity index is 2.46. The summed E-state index contributed by atoms with van der Waals surface area (Å²) in [5.74, 6) is 0.558. The summed E-state index contributed by atoms with van der Waals surface area (Å²) in [4.78, 5) is 10.2. The molecule has 0 fully saturated rings. The number of nitrogens with zero attached hydrogens (tertiary/aromatic N) is 4. The second-order valence-corrected chi connectivity index (χ2v) is 3.87. The Morgan fingerprint density at radius 3 is 2.75 bits per heavy atom. The molecule has 1 aromatic heterocycles. The molecule has 0 unspecified atom stereocenters. The van der Waals surface area contributed by atoms with Crippen LogP contribution < -0.4 is 5.32 Å². The average Bonchev–Trinajstić information content (AvgIpc) is 2.29. The fraction of sp³-hybridized carbons (Fsp3) is 0.545. The summed E-state index contributed by atoms with van der Waals surface area (Å²) in [5.41, 5.74) is 0.342. The maximum Gasteiger partial charge on any atom is 0.182 e. The third-order valence-corrected chi connectivity index (χ3v) is 2.44. The van der Waals surface area contributed by atoms with E-state index >= 15 is 0 Å². The number of hydrogen-bond donors (Lipinski definition) is 1. The minimum atomic E-state index is 0.342. The van der Waals surface area contributed by atoms with E-state index in [-0.39, 0.29) is 0 Å². The zero-order chi connectivity index (χ0) is 12.0. The van der Waals surface area contributed by atoms with E-state index in [2.05, 4.69) is 41.1 Å². The number of likely N-dealkylation sites (N-methyl/N-ethyl adjacent to an activating group) is 1. The molecule has 0 aliphatic rings. The molecule has 0 aliphatic heterocycles. The standard InChI is InChI=1S/C11H17N5/c1-9(2)16(3)7-6-15-11-10(8-12)13-4-5-14-11/h4-5,9H,6-7H2,1-3H3,(H,14,15). The zero-order valence-electron chi connectivity index (χ0n) is 9.94. The number of hydrogen-bond acceptors (Lipinski definition) is 5. The molecule has 16 heavy (non-hydrogen) atoms. The van der Waals surface area contributed by atoms with Gasteiger partial charge in [-0.05, 0) is 20.9 Å². The third-order valence-electron chi connectivity index (χ3n) is 2.44. The number of nitriles is 1. The summed E-state index contributed by atoms with van der Waals surface area (Å²) >= 11 is 0. The summed E-state index contributed by atoms with van der Waals surface area (Å²) < 4.78 is 0. The van der Waals surface area contributed by atoms with Crippen LogP contribution in [0.25, 0.3) is 0 Å². The highest BCUT2D eigenvalue weighted by molar-refractivity contribution is 5.46. The van der Waals surface area contributed by atoms with E-state index in [9.17, 15) is 0 Å². The highest BCUT2D eigenvalue weighted by Gasteiger charge is 2.05. The monoisotopic (exact) mass is 219 g/mol. The SMILES string of the molecule is CC(C)N(C)CCNc1nccnc1C#N. The molecule has 1 rings (SSSR count). The van der Waals surface area contributed by atoms with E-state index in [1.54, 1.807) is 6.20 Å². The van der Waals surface area contributed by atoms with E-state index < -0.39 is 0 Å². The first-order valence-electron chi connectivity index (χ1n) is 5.30. The second-order valence-electron chi connectivity index (χ2n) is 3.87. The first-order valence-corrected chi connectivity index (χ1v) is 5.30. The van der Waals surface area contributed by atoms with Gasteiger partial charge in [0.1, 0.15) is 6.07 Å². The quantitative estimate of drug-likeness (QED) is 0.803. The first kappa shape index (κ1) is 12.4. The smallest absolute Gasteiger partial charge is 0.182 e. The molecule has 0 radical (unpaired) electrons. The fourth-order valence-corrected chi connectivity index (χ4v) is 1.16. The maximum atomic E-state index is 8.81. The Hall–Kier alpha value is -1.67. The lowest BCUT2D eigenvalue weighted by molar-refractivity contribution is 0.284. The Morgan fingerprint density at radius 2 is 2.12 bits per heavy atom. The third kappa shape index (κ3) is 3.48. The van der Waals surface area contributed by atoms with E-state index in [1.807, 2.05) is 6.07 Å². The summed E-state index contributed by atoms with van der Waals surface area (Å²) in [5, 5.41) is 11.9. The van der Waals surface area contributed by atoms with Crippen LogP contribution in [0.15, 0.2) is 12.4 Å². The molecule has 0 spiro atoms. The van der Waals surface area contributed by atoms with Crippen LogP contribution in [-0.4, -0.2) is 41.0 Å². The van der Waals surface area contributed by atoms with E-state index in [0.717, 1.165) is 13.1 Å². The van der Waals surface area contributed by atoms with Crippen LogP contribution in [-0.2, 0) is 0 Å². The second kappa shape index (κ2) is 6.03. The number of nitrogens with one attached hydrogen (secondary N) is 1. The van der Waals surface area contributed by atoms with Crippen LogP contribution in [0.2, 0.25) is 0 Å². The lowest BCUT2D eigenvalue weighted by atomic mass is 10.3. The molecule has 0 aromatic carbocycles. The molecule has 0 amide bonds. The van der Waals surface area contributed by atoms with Gasteiger partial charge in [-0.3, -0.25) is 0 Å². The van der Waals surface area contributed by atoms with Crippen molar-refractivity contribution >= 4 is 5.82 Å². The van der Waals surface area contributed by atoms with Crippen molar-refractivity contribution in [3.8, 4) is 6.07 Å². The minimum absolute atomic E-state index is 0.342. The molecule has 1 N–H and O–H groups in total. The molecule has 0 saturated carbocycles. The van der Waals surface area contributed by atoms with Gasteiger partial charge in [0.25, 0.3) is 0 Å². The lowest BCUT2D eigenvalue weighted by Crippen LogP contribution is -2.31. The Bertz CT molecular complexity index is 369.